The molecule has 0 aliphatic rings. The zero-order valence-electron chi connectivity index (χ0n) is 13.7. The van der Waals surface area contributed by atoms with Gasteiger partial charge in [0.1, 0.15) is 5.01 Å². The van der Waals surface area contributed by atoms with Gasteiger partial charge in [0.2, 0.25) is 4.77 Å². The van der Waals surface area contributed by atoms with Gasteiger partial charge in [-0.1, -0.05) is 42.5 Å². The van der Waals surface area contributed by atoms with E-state index in [1.165, 1.54) is 4.70 Å². The third-order valence-electron chi connectivity index (χ3n) is 3.85. The van der Waals surface area contributed by atoms with Crippen molar-refractivity contribution >= 4 is 33.8 Å². The molecule has 1 N–H and O–H groups in total. The summed E-state index contributed by atoms with van der Waals surface area (Å²) in [6.07, 6.45) is 0. The van der Waals surface area contributed by atoms with Crippen LogP contribution in [0.5, 0.6) is 0 Å². The summed E-state index contributed by atoms with van der Waals surface area (Å²) in [7, 11) is 2.05. The Morgan fingerprint density at radius 3 is 2.64 bits per heavy atom. The van der Waals surface area contributed by atoms with Gasteiger partial charge in [-0.25, -0.2) is 9.67 Å². The summed E-state index contributed by atoms with van der Waals surface area (Å²) in [5, 5.41) is 4.38. The molecule has 7 heteroatoms. The van der Waals surface area contributed by atoms with Crippen molar-refractivity contribution in [1.82, 2.24) is 24.6 Å². The summed E-state index contributed by atoms with van der Waals surface area (Å²) in [5.41, 5.74) is 2.08. The van der Waals surface area contributed by atoms with Crippen LogP contribution in [-0.2, 0) is 13.2 Å². The summed E-state index contributed by atoms with van der Waals surface area (Å²) in [6.45, 7) is 1.40. The Morgan fingerprint density at radius 2 is 1.84 bits per heavy atom. The number of nitrogens with zero attached hydrogens (tertiary/aromatic N) is 4. The average Bonchev–Trinajstić information content (AvgIpc) is 3.18. The first kappa shape index (κ1) is 16.1. The quantitative estimate of drug-likeness (QED) is 0.534. The van der Waals surface area contributed by atoms with Crippen molar-refractivity contribution in [2.24, 2.45) is 0 Å². The van der Waals surface area contributed by atoms with E-state index in [1.807, 2.05) is 53.2 Å². The van der Waals surface area contributed by atoms with Crippen molar-refractivity contribution < 1.29 is 0 Å². The van der Waals surface area contributed by atoms with Crippen molar-refractivity contribution in [3.8, 4) is 11.4 Å². The summed E-state index contributed by atoms with van der Waals surface area (Å²) in [4.78, 5) is 11.3. The third kappa shape index (κ3) is 3.53. The molecule has 2 aromatic heterocycles. The molecule has 0 radical (unpaired) electrons. The molecule has 0 aliphatic carbocycles. The molecule has 0 aliphatic heterocycles. The van der Waals surface area contributed by atoms with Crippen molar-refractivity contribution in [3.05, 3.63) is 64.4 Å². The average molecular weight is 368 g/mol. The third-order valence-corrected chi connectivity index (χ3v) is 5.19. The molecule has 0 saturated heterocycles. The van der Waals surface area contributed by atoms with Gasteiger partial charge >= 0.3 is 0 Å². The predicted octanol–water partition coefficient (Wildman–Crippen LogP) is 4.31. The molecule has 0 atom stereocenters. The molecule has 2 aromatic carbocycles. The van der Waals surface area contributed by atoms with E-state index in [2.05, 4.69) is 33.1 Å². The maximum atomic E-state index is 5.39. The van der Waals surface area contributed by atoms with E-state index in [0.717, 1.165) is 28.5 Å². The van der Waals surface area contributed by atoms with Crippen molar-refractivity contribution in [2.45, 2.75) is 13.2 Å². The minimum Gasteiger partial charge on any atom is -0.281 e. The molecule has 0 saturated carbocycles. The van der Waals surface area contributed by atoms with Crippen LogP contribution in [0.3, 0.4) is 0 Å². The van der Waals surface area contributed by atoms with Gasteiger partial charge in [0.25, 0.3) is 0 Å². The standard InChI is InChI=1S/C18H17N5S2/c1-22(11-16-19-14-9-5-6-10-15(14)25-16)12-23-18(24)20-17(21-23)13-7-3-2-4-8-13/h2-10H,11-12H2,1H3,(H,20,21,24). The molecule has 2 heterocycles. The fourth-order valence-electron chi connectivity index (χ4n) is 2.69. The van der Waals surface area contributed by atoms with E-state index in [1.54, 1.807) is 11.3 Å². The summed E-state index contributed by atoms with van der Waals surface area (Å²) >= 11 is 7.12. The highest BCUT2D eigenvalue weighted by Crippen LogP contribution is 2.22. The number of aromatic amines is 1. The molecule has 0 spiro atoms. The topological polar surface area (TPSA) is 49.7 Å². The SMILES string of the molecule is CN(Cc1nc2ccccc2s1)Cn1[nH]c(-c2ccccc2)nc1=S. The number of hydrogen-bond acceptors (Lipinski definition) is 5. The lowest BCUT2D eigenvalue weighted by atomic mass is 10.2. The molecule has 0 fully saturated rings. The van der Waals surface area contributed by atoms with Gasteiger partial charge in [0, 0.05) is 5.56 Å². The Hall–Kier alpha value is -2.35. The minimum absolute atomic E-state index is 0.551. The van der Waals surface area contributed by atoms with Gasteiger partial charge in [-0.05, 0) is 31.4 Å². The summed E-state index contributed by atoms with van der Waals surface area (Å²) in [5.74, 6) is 0.791. The van der Waals surface area contributed by atoms with Crippen LogP contribution in [0.1, 0.15) is 5.01 Å². The minimum atomic E-state index is 0.551. The zero-order valence-corrected chi connectivity index (χ0v) is 15.3. The maximum absolute atomic E-state index is 5.39. The smallest absolute Gasteiger partial charge is 0.217 e. The first-order valence-electron chi connectivity index (χ1n) is 7.94. The molecule has 0 bridgehead atoms. The summed E-state index contributed by atoms with van der Waals surface area (Å²) in [6, 6.07) is 18.2. The molecular formula is C18H17N5S2. The Balaban J connectivity index is 1.50. The number of fused-ring (bicyclic) bond motifs is 1. The molecule has 0 unspecified atom stereocenters. The first-order valence-corrected chi connectivity index (χ1v) is 9.17. The number of nitrogens with one attached hydrogen (secondary N) is 1. The Morgan fingerprint density at radius 1 is 1.08 bits per heavy atom. The van der Waals surface area contributed by atoms with E-state index in [-0.39, 0.29) is 0 Å². The van der Waals surface area contributed by atoms with Gasteiger partial charge in [0.05, 0.1) is 23.4 Å². The number of hydrogen-bond donors (Lipinski definition) is 1. The second-order valence-corrected chi connectivity index (χ2v) is 7.36. The van der Waals surface area contributed by atoms with Gasteiger partial charge in [0.15, 0.2) is 5.82 Å². The second-order valence-electron chi connectivity index (χ2n) is 5.88. The Bertz CT molecular complexity index is 1010. The lowest BCUT2D eigenvalue weighted by Crippen LogP contribution is -2.22. The van der Waals surface area contributed by atoms with E-state index in [4.69, 9.17) is 12.2 Å². The van der Waals surface area contributed by atoms with E-state index < -0.39 is 0 Å². The highest BCUT2D eigenvalue weighted by molar-refractivity contribution is 7.71. The summed E-state index contributed by atoms with van der Waals surface area (Å²) < 4.78 is 3.65. The lowest BCUT2D eigenvalue weighted by molar-refractivity contribution is 0.244. The number of H-pyrrole nitrogens is 1. The van der Waals surface area contributed by atoms with Crippen LogP contribution < -0.4 is 0 Å². The van der Waals surface area contributed by atoms with Crippen molar-refractivity contribution in [1.29, 1.82) is 0 Å². The molecule has 25 heavy (non-hydrogen) atoms. The van der Waals surface area contributed by atoms with Gasteiger partial charge in [-0.3, -0.25) is 10.00 Å². The van der Waals surface area contributed by atoms with Crippen LogP contribution in [0, 0.1) is 4.77 Å². The van der Waals surface area contributed by atoms with Crippen LogP contribution in [0.15, 0.2) is 54.6 Å². The van der Waals surface area contributed by atoms with E-state index in [9.17, 15) is 0 Å². The van der Waals surface area contributed by atoms with Gasteiger partial charge in [-0.2, -0.15) is 4.98 Å². The van der Waals surface area contributed by atoms with Crippen LogP contribution in [0.25, 0.3) is 21.6 Å². The first-order chi connectivity index (χ1) is 12.2. The number of aromatic nitrogens is 4. The van der Waals surface area contributed by atoms with Gasteiger partial charge in [-0.15, -0.1) is 11.3 Å². The molecule has 4 rings (SSSR count). The van der Waals surface area contributed by atoms with E-state index >= 15 is 0 Å². The zero-order chi connectivity index (χ0) is 17.2. The maximum Gasteiger partial charge on any atom is 0.217 e. The second kappa shape index (κ2) is 6.87. The molecule has 4 aromatic rings. The highest BCUT2D eigenvalue weighted by Gasteiger charge is 2.09. The molecule has 126 valence electrons. The molecular weight excluding hydrogens is 350 g/mol. The lowest BCUT2D eigenvalue weighted by Gasteiger charge is -2.15. The molecule has 0 amide bonds. The largest absolute Gasteiger partial charge is 0.281 e. The normalized spacial score (nSPS) is 11.4. The van der Waals surface area contributed by atoms with Crippen LogP contribution >= 0.6 is 23.6 Å². The fourth-order valence-corrected chi connectivity index (χ4v) is 3.93. The molecule has 5 nitrogen and oxygen atoms in total. The van der Waals surface area contributed by atoms with Crippen LogP contribution in [0.2, 0.25) is 0 Å². The predicted molar refractivity (Wildman–Crippen MR) is 104 cm³/mol. The fraction of sp³-hybridized carbons (Fsp3) is 0.167. The van der Waals surface area contributed by atoms with Gasteiger partial charge < -0.3 is 0 Å². The monoisotopic (exact) mass is 367 g/mol. The van der Waals surface area contributed by atoms with E-state index in [0.29, 0.717) is 11.4 Å². The van der Waals surface area contributed by atoms with Crippen molar-refractivity contribution in [2.75, 3.05) is 7.05 Å². The number of para-hydroxylation sites is 1. The number of rotatable bonds is 5. The van der Waals surface area contributed by atoms with Crippen LogP contribution in [-0.4, -0.2) is 31.7 Å². The Labute approximate surface area is 154 Å². The van der Waals surface area contributed by atoms with Crippen molar-refractivity contribution in [3.63, 3.8) is 0 Å². The highest BCUT2D eigenvalue weighted by atomic mass is 32.1. The Kier molecular flexibility index (Phi) is 4.44. The number of thiazole rings is 1. The van der Waals surface area contributed by atoms with Crippen LogP contribution in [0.4, 0.5) is 0 Å². The number of benzene rings is 2.